The third-order valence-electron chi connectivity index (χ3n) is 6.33. The Morgan fingerprint density at radius 1 is 1.13 bits per heavy atom. The summed E-state index contributed by atoms with van der Waals surface area (Å²) in [4.78, 5) is 9.66. The highest BCUT2D eigenvalue weighted by Crippen LogP contribution is 2.45. The molecule has 1 aromatic heterocycles. The van der Waals surface area contributed by atoms with Gasteiger partial charge in [-0.05, 0) is 18.4 Å². The number of hydrogen-bond acceptors (Lipinski definition) is 6. The topological polar surface area (TPSA) is 89.2 Å². The Morgan fingerprint density at radius 3 is 2.35 bits per heavy atom. The number of alkyl halides is 4. The van der Waals surface area contributed by atoms with Crippen LogP contribution in [-0.4, -0.2) is 48.9 Å². The molecule has 0 bridgehead atoms. The highest BCUT2D eigenvalue weighted by molar-refractivity contribution is 7.93. The number of aromatic nitrogens is 2. The van der Waals surface area contributed by atoms with E-state index in [-0.39, 0.29) is 42.5 Å². The summed E-state index contributed by atoms with van der Waals surface area (Å²) >= 11 is 0. The van der Waals surface area contributed by atoms with E-state index in [2.05, 4.69) is 9.97 Å². The van der Waals surface area contributed by atoms with Gasteiger partial charge in [0, 0.05) is 24.1 Å². The second kappa shape index (κ2) is 6.61. The van der Waals surface area contributed by atoms with Crippen molar-refractivity contribution >= 4 is 15.8 Å². The highest BCUT2D eigenvalue weighted by Gasteiger charge is 2.47. The third-order valence-corrected chi connectivity index (χ3v) is 8.24. The maximum Gasteiger partial charge on any atom is 0.290 e. The molecule has 1 atom stereocenters. The van der Waals surface area contributed by atoms with E-state index in [1.807, 2.05) is 0 Å². The van der Waals surface area contributed by atoms with Gasteiger partial charge in [-0.25, -0.2) is 27.2 Å². The van der Waals surface area contributed by atoms with Gasteiger partial charge in [-0.3, -0.25) is 0 Å². The van der Waals surface area contributed by atoms with Crippen LogP contribution in [-0.2, 0) is 27.7 Å². The number of anilines is 1. The van der Waals surface area contributed by atoms with E-state index in [0.29, 0.717) is 16.7 Å². The van der Waals surface area contributed by atoms with E-state index in [1.165, 1.54) is 4.90 Å². The number of rotatable bonds is 4. The van der Waals surface area contributed by atoms with E-state index < -0.39 is 45.9 Å². The zero-order valence-corrected chi connectivity index (χ0v) is 17.2. The van der Waals surface area contributed by atoms with Crippen molar-refractivity contribution in [3.63, 3.8) is 0 Å². The van der Waals surface area contributed by atoms with Gasteiger partial charge in [0.05, 0.1) is 28.8 Å². The van der Waals surface area contributed by atoms with Gasteiger partial charge in [0.1, 0.15) is 5.69 Å². The lowest BCUT2D eigenvalue weighted by atomic mass is 9.92. The van der Waals surface area contributed by atoms with Crippen LogP contribution in [0.5, 0.6) is 0 Å². The van der Waals surface area contributed by atoms with Crippen molar-refractivity contribution in [2.24, 2.45) is 5.73 Å². The monoisotopic (exact) mass is 456 g/mol. The summed E-state index contributed by atoms with van der Waals surface area (Å²) in [6.45, 7) is 0.280. The van der Waals surface area contributed by atoms with Gasteiger partial charge in [0.2, 0.25) is 5.95 Å². The van der Waals surface area contributed by atoms with Crippen LogP contribution in [0.4, 0.5) is 23.5 Å². The molecule has 0 spiro atoms. The minimum Gasteiger partial charge on any atom is -0.332 e. The number of sulfone groups is 1. The molecular weight excluding hydrogens is 436 g/mol. The minimum absolute atomic E-state index is 0.0804. The van der Waals surface area contributed by atoms with Crippen LogP contribution in [0.1, 0.15) is 29.7 Å². The number of halogens is 4. The average molecular weight is 456 g/mol. The normalized spacial score (nSPS) is 25.1. The zero-order chi connectivity index (χ0) is 22.2. The smallest absolute Gasteiger partial charge is 0.290 e. The molecule has 3 heterocycles. The van der Waals surface area contributed by atoms with Crippen LogP contribution in [0.3, 0.4) is 0 Å². The van der Waals surface area contributed by atoms with Gasteiger partial charge in [-0.2, -0.15) is 8.78 Å². The SMILES string of the molecule is NC1(c2ccc(-c3nc(N4CC[C@H]4C(F)F)nc4c3CCC4(F)F)cc2)CS(=O)(=O)C1. The molecule has 2 N–H and O–H groups in total. The van der Waals surface area contributed by atoms with Crippen LogP contribution in [0.15, 0.2) is 24.3 Å². The predicted octanol–water partition coefficient (Wildman–Crippen LogP) is 2.61. The van der Waals surface area contributed by atoms with Gasteiger partial charge in [0.15, 0.2) is 9.84 Å². The summed E-state index contributed by atoms with van der Waals surface area (Å²) < 4.78 is 78.4. The fourth-order valence-corrected chi connectivity index (χ4v) is 6.38. The molecule has 166 valence electrons. The van der Waals surface area contributed by atoms with Crippen molar-refractivity contribution < 1.29 is 26.0 Å². The van der Waals surface area contributed by atoms with E-state index >= 15 is 0 Å². The number of fused-ring (bicyclic) bond motifs is 1. The Kier molecular flexibility index (Phi) is 4.40. The lowest BCUT2D eigenvalue weighted by molar-refractivity contribution is -0.00600. The molecule has 5 rings (SSSR count). The Morgan fingerprint density at radius 2 is 1.81 bits per heavy atom. The average Bonchev–Trinajstić information content (AvgIpc) is 2.93. The molecule has 3 aliphatic rings. The van der Waals surface area contributed by atoms with Crippen LogP contribution in [0.2, 0.25) is 0 Å². The van der Waals surface area contributed by atoms with Gasteiger partial charge >= 0.3 is 0 Å². The maximum atomic E-state index is 14.5. The van der Waals surface area contributed by atoms with Crippen LogP contribution < -0.4 is 10.6 Å². The number of nitrogens with zero attached hydrogens (tertiary/aromatic N) is 3. The molecule has 6 nitrogen and oxygen atoms in total. The van der Waals surface area contributed by atoms with Gasteiger partial charge < -0.3 is 10.6 Å². The zero-order valence-electron chi connectivity index (χ0n) is 16.4. The second-order valence-electron chi connectivity index (χ2n) is 8.55. The second-order valence-corrected chi connectivity index (χ2v) is 10.6. The molecule has 0 unspecified atom stereocenters. The fourth-order valence-electron chi connectivity index (χ4n) is 4.57. The van der Waals surface area contributed by atoms with Gasteiger partial charge in [-0.15, -0.1) is 0 Å². The quantitative estimate of drug-likeness (QED) is 0.712. The lowest BCUT2D eigenvalue weighted by Gasteiger charge is -2.40. The largest absolute Gasteiger partial charge is 0.332 e. The van der Waals surface area contributed by atoms with E-state index in [4.69, 9.17) is 5.73 Å². The summed E-state index contributed by atoms with van der Waals surface area (Å²) in [7, 11) is -3.14. The predicted molar refractivity (Wildman–Crippen MR) is 106 cm³/mol. The van der Waals surface area contributed by atoms with Crippen molar-refractivity contribution in [1.82, 2.24) is 9.97 Å². The molecule has 0 saturated carbocycles. The Balaban J connectivity index is 1.55. The highest BCUT2D eigenvalue weighted by atomic mass is 32.2. The Hall–Kier alpha value is -2.27. The molecule has 2 aliphatic heterocycles. The van der Waals surface area contributed by atoms with Crippen molar-refractivity contribution in [2.75, 3.05) is 23.0 Å². The van der Waals surface area contributed by atoms with Crippen LogP contribution in [0.25, 0.3) is 11.3 Å². The standard InChI is InChI=1S/C20H20F4N4O2S/c21-17(22)14-6-8-28(14)18-26-15(13-5-7-20(23,24)16(13)27-18)11-1-3-12(4-2-11)19(25)9-31(29,30)10-19/h1-4,14,17H,5-10,25H2/t14-/m0/s1. The molecule has 2 saturated heterocycles. The van der Waals surface area contributed by atoms with E-state index in [9.17, 15) is 26.0 Å². The molecule has 2 fully saturated rings. The molecule has 11 heteroatoms. The Bertz CT molecular complexity index is 1140. The molecule has 2 aromatic rings. The molecule has 31 heavy (non-hydrogen) atoms. The van der Waals surface area contributed by atoms with Crippen molar-refractivity contribution in [3.05, 3.63) is 41.1 Å². The fraction of sp³-hybridized carbons (Fsp3) is 0.500. The molecule has 1 aliphatic carbocycles. The lowest BCUT2D eigenvalue weighted by Crippen LogP contribution is -2.58. The summed E-state index contributed by atoms with van der Waals surface area (Å²) in [6.07, 6.45) is -2.70. The molecular formula is C20H20F4N4O2S. The van der Waals surface area contributed by atoms with E-state index in [1.54, 1.807) is 24.3 Å². The first-order chi connectivity index (χ1) is 14.5. The van der Waals surface area contributed by atoms with Crippen molar-refractivity contribution in [3.8, 4) is 11.3 Å². The number of hydrogen-bond donors (Lipinski definition) is 1. The summed E-state index contributed by atoms with van der Waals surface area (Å²) in [5.41, 5.74) is 6.55. The van der Waals surface area contributed by atoms with Gasteiger partial charge in [0.25, 0.3) is 12.3 Å². The summed E-state index contributed by atoms with van der Waals surface area (Å²) in [5.74, 6) is -3.56. The summed E-state index contributed by atoms with van der Waals surface area (Å²) in [6, 6.07) is 5.55. The van der Waals surface area contributed by atoms with Crippen LogP contribution in [0, 0.1) is 0 Å². The molecule has 1 aromatic carbocycles. The van der Waals surface area contributed by atoms with Crippen LogP contribution >= 0.6 is 0 Å². The van der Waals surface area contributed by atoms with Crippen molar-refractivity contribution in [2.45, 2.75) is 43.2 Å². The van der Waals surface area contributed by atoms with E-state index in [0.717, 1.165) is 0 Å². The molecule has 0 radical (unpaired) electrons. The molecule has 0 amide bonds. The number of benzene rings is 1. The first kappa shape index (κ1) is 20.6. The first-order valence-corrected chi connectivity index (χ1v) is 11.8. The Labute approximate surface area is 176 Å². The summed E-state index contributed by atoms with van der Waals surface area (Å²) in [5, 5.41) is 0. The number of nitrogens with two attached hydrogens (primary N) is 1. The van der Waals surface area contributed by atoms with Crippen molar-refractivity contribution in [1.29, 1.82) is 0 Å². The third kappa shape index (κ3) is 3.29. The maximum absolute atomic E-state index is 14.5. The van der Waals surface area contributed by atoms with Gasteiger partial charge in [-0.1, -0.05) is 24.3 Å². The first-order valence-electron chi connectivity index (χ1n) is 9.93. The minimum atomic E-state index is -3.14.